The number of carbonyl (C=O) groups excluding carboxylic acids is 1. The van der Waals surface area contributed by atoms with Crippen molar-refractivity contribution in [1.82, 2.24) is 24.9 Å². The van der Waals surface area contributed by atoms with Gasteiger partial charge in [-0.05, 0) is 37.8 Å². The molecule has 6 heteroatoms. The standard InChI is InChI=1S/C14H19N5O/c1-10-6-16-18(8-10)9-13(20)19-5-3-4-12(19)14-11(2)7-15-17-14/h6-8,12H,3-5,9H2,1-2H3,(H,15,17)/t12-/m1/s1. The number of nitrogens with one attached hydrogen (secondary N) is 1. The third kappa shape index (κ3) is 2.33. The van der Waals surface area contributed by atoms with Crippen molar-refractivity contribution in [2.24, 2.45) is 0 Å². The van der Waals surface area contributed by atoms with E-state index in [2.05, 4.69) is 15.3 Å². The highest BCUT2D eigenvalue weighted by Gasteiger charge is 2.31. The average Bonchev–Trinajstić information content (AvgIpc) is 3.10. The number of hydrogen-bond donors (Lipinski definition) is 1. The Bertz CT molecular complexity index is 615. The Morgan fingerprint density at radius 3 is 2.95 bits per heavy atom. The average molecular weight is 273 g/mol. The van der Waals surface area contributed by atoms with Crippen LogP contribution in [0.1, 0.15) is 35.7 Å². The van der Waals surface area contributed by atoms with Crippen molar-refractivity contribution in [3.8, 4) is 0 Å². The van der Waals surface area contributed by atoms with Crippen LogP contribution in [0.25, 0.3) is 0 Å². The van der Waals surface area contributed by atoms with E-state index in [1.807, 2.05) is 31.1 Å². The van der Waals surface area contributed by atoms with Crippen molar-refractivity contribution < 1.29 is 4.79 Å². The normalized spacial score (nSPS) is 18.7. The number of carbonyl (C=O) groups is 1. The van der Waals surface area contributed by atoms with Gasteiger partial charge in [-0.25, -0.2) is 0 Å². The van der Waals surface area contributed by atoms with Crippen molar-refractivity contribution in [3.05, 3.63) is 35.4 Å². The molecule has 1 amide bonds. The fourth-order valence-corrected chi connectivity index (χ4v) is 2.84. The molecule has 3 rings (SSSR count). The molecule has 3 heterocycles. The molecule has 1 aliphatic heterocycles. The zero-order valence-corrected chi connectivity index (χ0v) is 11.8. The molecule has 1 fully saturated rings. The van der Waals surface area contributed by atoms with Crippen molar-refractivity contribution >= 4 is 5.91 Å². The Balaban J connectivity index is 1.75. The maximum atomic E-state index is 12.5. The highest BCUT2D eigenvalue weighted by atomic mass is 16.2. The van der Waals surface area contributed by atoms with Crippen LogP contribution in [0, 0.1) is 13.8 Å². The largest absolute Gasteiger partial charge is 0.332 e. The molecule has 2 aromatic rings. The van der Waals surface area contributed by atoms with E-state index in [9.17, 15) is 4.79 Å². The monoisotopic (exact) mass is 273 g/mol. The smallest absolute Gasteiger partial charge is 0.244 e. The molecule has 1 N–H and O–H groups in total. The van der Waals surface area contributed by atoms with E-state index in [4.69, 9.17) is 0 Å². The maximum Gasteiger partial charge on any atom is 0.244 e. The zero-order chi connectivity index (χ0) is 14.1. The Morgan fingerprint density at radius 1 is 1.45 bits per heavy atom. The Hall–Kier alpha value is -2.11. The van der Waals surface area contributed by atoms with Crippen molar-refractivity contribution in [2.75, 3.05) is 6.54 Å². The van der Waals surface area contributed by atoms with Crippen LogP contribution >= 0.6 is 0 Å². The molecule has 20 heavy (non-hydrogen) atoms. The van der Waals surface area contributed by atoms with Crippen molar-refractivity contribution in [1.29, 1.82) is 0 Å². The first kappa shape index (κ1) is 12.9. The molecule has 106 valence electrons. The number of aryl methyl sites for hydroxylation is 2. The molecule has 0 aliphatic carbocycles. The summed E-state index contributed by atoms with van der Waals surface area (Å²) in [6.07, 6.45) is 7.51. The fourth-order valence-electron chi connectivity index (χ4n) is 2.84. The van der Waals surface area contributed by atoms with Gasteiger partial charge < -0.3 is 4.90 Å². The van der Waals surface area contributed by atoms with Gasteiger partial charge in [0.15, 0.2) is 0 Å². The first-order valence-corrected chi connectivity index (χ1v) is 6.93. The molecule has 1 atom stereocenters. The minimum absolute atomic E-state index is 0.115. The second-order valence-electron chi connectivity index (χ2n) is 5.43. The summed E-state index contributed by atoms with van der Waals surface area (Å²) < 4.78 is 1.70. The molecule has 1 saturated heterocycles. The van der Waals surface area contributed by atoms with Gasteiger partial charge in [-0.2, -0.15) is 10.2 Å². The number of H-pyrrole nitrogens is 1. The van der Waals surface area contributed by atoms with Gasteiger partial charge in [0.2, 0.25) is 5.91 Å². The van der Waals surface area contributed by atoms with Crippen LogP contribution in [-0.2, 0) is 11.3 Å². The second kappa shape index (κ2) is 5.11. The molecular formula is C14H19N5O. The lowest BCUT2D eigenvalue weighted by atomic mass is 10.1. The Morgan fingerprint density at radius 2 is 2.30 bits per heavy atom. The number of hydrogen-bond acceptors (Lipinski definition) is 3. The zero-order valence-electron chi connectivity index (χ0n) is 11.8. The SMILES string of the molecule is Cc1cnn(CC(=O)N2CCC[C@@H]2c2[nH]ncc2C)c1. The van der Waals surface area contributed by atoms with Gasteiger partial charge in [-0.15, -0.1) is 0 Å². The summed E-state index contributed by atoms with van der Waals surface area (Å²) in [6, 6.07) is 0.127. The van der Waals surface area contributed by atoms with Crippen LogP contribution in [0.2, 0.25) is 0 Å². The van der Waals surface area contributed by atoms with E-state index in [1.54, 1.807) is 10.9 Å². The van der Waals surface area contributed by atoms with Crippen LogP contribution in [0.3, 0.4) is 0 Å². The van der Waals surface area contributed by atoms with Crippen LogP contribution in [-0.4, -0.2) is 37.3 Å². The molecule has 0 bridgehead atoms. The summed E-state index contributed by atoms with van der Waals surface area (Å²) in [5, 5.41) is 11.3. The van der Waals surface area contributed by atoms with Crippen LogP contribution in [0.4, 0.5) is 0 Å². The van der Waals surface area contributed by atoms with Gasteiger partial charge in [0.25, 0.3) is 0 Å². The van der Waals surface area contributed by atoms with Crippen molar-refractivity contribution in [2.45, 2.75) is 39.3 Å². The molecule has 0 spiro atoms. The molecule has 6 nitrogen and oxygen atoms in total. The van der Waals surface area contributed by atoms with E-state index in [0.717, 1.165) is 36.2 Å². The van der Waals surface area contributed by atoms with E-state index in [-0.39, 0.29) is 11.9 Å². The lowest BCUT2D eigenvalue weighted by molar-refractivity contribution is -0.133. The number of rotatable bonds is 3. The van der Waals surface area contributed by atoms with Gasteiger partial charge in [0.05, 0.1) is 24.1 Å². The van der Waals surface area contributed by atoms with Crippen LogP contribution in [0.15, 0.2) is 18.6 Å². The van der Waals surface area contributed by atoms with Crippen molar-refractivity contribution in [3.63, 3.8) is 0 Å². The summed E-state index contributed by atoms with van der Waals surface area (Å²) in [4.78, 5) is 14.4. The first-order chi connectivity index (χ1) is 9.65. The van der Waals surface area contributed by atoms with Gasteiger partial charge in [-0.1, -0.05) is 0 Å². The summed E-state index contributed by atoms with van der Waals surface area (Å²) >= 11 is 0. The van der Waals surface area contributed by atoms with E-state index in [1.165, 1.54) is 0 Å². The highest BCUT2D eigenvalue weighted by Crippen LogP contribution is 2.32. The van der Waals surface area contributed by atoms with Crippen LogP contribution < -0.4 is 0 Å². The number of nitrogens with zero attached hydrogens (tertiary/aromatic N) is 4. The molecule has 1 aliphatic rings. The minimum atomic E-state index is 0.115. The number of aromatic nitrogens is 4. The number of amides is 1. The Kier molecular flexibility index (Phi) is 3.30. The maximum absolute atomic E-state index is 12.5. The van der Waals surface area contributed by atoms with Gasteiger partial charge in [0, 0.05) is 12.7 Å². The van der Waals surface area contributed by atoms with E-state index in [0.29, 0.717) is 6.54 Å². The molecule has 0 aromatic carbocycles. The predicted molar refractivity (Wildman–Crippen MR) is 74.0 cm³/mol. The summed E-state index contributed by atoms with van der Waals surface area (Å²) in [5.41, 5.74) is 3.25. The number of likely N-dealkylation sites (tertiary alicyclic amines) is 1. The molecule has 0 unspecified atom stereocenters. The minimum Gasteiger partial charge on any atom is -0.332 e. The lowest BCUT2D eigenvalue weighted by Crippen LogP contribution is -2.34. The van der Waals surface area contributed by atoms with Gasteiger partial charge >= 0.3 is 0 Å². The molecule has 0 saturated carbocycles. The third-order valence-corrected chi connectivity index (χ3v) is 3.83. The fraction of sp³-hybridized carbons (Fsp3) is 0.500. The first-order valence-electron chi connectivity index (χ1n) is 6.93. The third-order valence-electron chi connectivity index (χ3n) is 3.83. The quantitative estimate of drug-likeness (QED) is 0.923. The lowest BCUT2D eigenvalue weighted by Gasteiger charge is -2.24. The second-order valence-corrected chi connectivity index (χ2v) is 5.43. The van der Waals surface area contributed by atoms with Crippen LogP contribution in [0.5, 0.6) is 0 Å². The molecule has 0 radical (unpaired) electrons. The van der Waals surface area contributed by atoms with E-state index >= 15 is 0 Å². The topological polar surface area (TPSA) is 66.8 Å². The predicted octanol–water partition coefficient (Wildman–Crippen LogP) is 1.59. The van der Waals surface area contributed by atoms with Gasteiger partial charge in [-0.3, -0.25) is 14.6 Å². The summed E-state index contributed by atoms with van der Waals surface area (Å²) in [5.74, 6) is 0.115. The summed E-state index contributed by atoms with van der Waals surface area (Å²) in [6.45, 7) is 5.11. The molecular weight excluding hydrogens is 254 g/mol. The van der Waals surface area contributed by atoms with E-state index < -0.39 is 0 Å². The number of aromatic amines is 1. The molecule has 2 aromatic heterocycles. The highest BCUT2D eigenvalue weighted by molar-refractivity contribution is 5.76. The van der Waals surface area contributed by atoms with Gasteiger partial charge in [0.1, 0.15) is 6.54 Å². The Labute approximate surface area is 117 Å². The summed E-state index contributed by atoms with van der Waals surface area (Å²) in [7, 11) is 0.